The highest BCUT2D eigenvalue weighted by molar-refractivity contribution is 6.09. The summed E-state index contributed by atoms with van der Waals surface area (Å²) in [6, 6.07) is 18.9. The van der Waals surface area contributed by atoms with Gasteiger partial charge in [-0.15, -0.1) is 6.58 Å². The summed E-state index contributed by atoms with van der Waals surface area (Å²) in [4.78, 5) is 12.7. The third-order valence-electron chi connectivity index (χ3n) is 4.99. The van der Waals surface area contributed by atoms with Gasteiger partial charge in [0, 0.05) is 11.3 Å². The van der Waals surface area contributed by atoms with Gasteiger partial charge in [0.05, 0.1) is 7.11 Å². The van der Waals surface area contributed by atoms with Crippen molar-refractivity contribution >= 4 is 17.7 Å². The highest BCUT2D eigenvalue weighted by Gasteiger charge is 2.15. The highest BCUT2D eigenvalue weighted by atomic mass is 19.1. The SMILES string of the molecule is C=CCc1cc(/C=C(\C#N)C(=O)Nc2cccc(C)c2)cc(OC)c1OCc1ccc(F)cc1. The van der Waals surface area contributed by atoms with E-state index in [-0.39, 0.29) is 18.0 Å². The van der Waals surface area contributed by atoms with Crippen molar-refractivity contribution < 1.29 is 18.7 Å². The number of carbonyl (C=O) groups is 1. The minimum Gasteiger partial charge on any atom is -0.493 e. The molecule has 0 heterocycles. The van der Waals surface area contributed by atoms with Gasteiger partial charge in [-0.2, -0.15) is 5.26 Å². The molecule has 1 amide bonds. The summed E-state index contributed by atoms with van der Waals surface area (Å²) in [7, 11) is 1.51. The number of rotatable bonds is 9. The van der Waals surface area contributed by atoms with Crippen LogP contribution >= 0.6 is 0 Å². The first-order valence-corrected chi connectivity index (χ1v) is 10.6. The van der Waals surface area contributed by atoms with E-state index in [1.165, 1.54) is 25.3 Å². The van der Waals surface area contributed by atoms with Crippen molar-refractivity contribution in [3.63, 3.8) is 0 Å². The predicted octanol–water partition coefficient (Wildman–Crippen LogP) is 6.00. The molecule has 0 saturated heterocycles. The van der Waals surface area contributed by atoms with Crippen LogP contribution in [0.25, 0.3) is 6.08 Å². The van der Waals surface area contributed by atoms with E-state index >= 15 is 0 Å². The van der Waals surface area contributed by atoms with Crippen LogP contribution < -0.4 is 14.8 Å². The quantitative estimate of drug-likeness (QED) is 0.244. The van der Waals surface area contributed by atoms with Crippen LogP contribution in [-0.4, -0.2) is 13.0 Å². The number of benzene rings is 3. The Kier molecular flexibility index (Phi) is 8.20. The third-order valence-corrected chi connectivity index (χ3v) is 4.99. The van der Waals surface area contributed by atoms with E-state index in [1.807, 2.05) is 37.3 Å². The van der Waals surface area contributed by atoms with Crippen molar-refractivity contribution in [2.45, 2.75) is 20.0 Å². The zero-order valence-electron chi connectivity index (χ0n) is 19.1. The molecule has 0 aliphatic carbocycles. The number of nitrogens with one attached hydrogen (secondary N) is 1. The minimum atomic E-state index is -0.506. The van der Waals surface area contributed by atoms with Crippen LogP contribution in [0.4, 0.5) is 10.1 Å². The zero-order chi connectivity index (χ0) is 24.5. The van der Waals surface area contributed by atoms with Crippen molar-refractivity contribution in [1.82, 2.24) is 0 Å². The lowest BCUT2D eigenvalue weighted by Gasteiger charge is -2.16. The molecule has 5 nitrogen and oxygen atoms in total. The van der Waals surface area contributed by atoms with Crippen LogP contribution in [0.3, 0.4) is 0 Å². The molecule has 0 bridgehead atoms. The van der Waals surface area contributed by atoms with E-state index in [0.717, 1.165) is 16.7 Å². The first-order chi connectivity index (χ1) is 16.4. The van der Waals surface area contributed by atoms with Crippen LogP contribution in [0, 0.1) is 24.1 Å². The maximum absolute atomic E-state index is 13.2. The molecule has 34 heavy (non-hydrogen) atoms. The molecule has 6 heteroatoms. The number of amides is 1. The predicted molar refractivity (Wildman–Crippen MR) is 131 cm³/mol. The number of halogens is 1. The summed E-state index contributed by atoms with van der Waals surface area (Å²) in [5, 5.41) is 12.3. The largest absolute Gasteiger partial charge is 0.493 e. The van der Waals surface area contributed by atoms with Crippen molar-refractivity contribution in [1.29, 1.82) is 5.26 Å². The number of methoxy groups -OCH3 is 1. The van der Waals surface area contributed by atoms with Crippen molar-refractivity contribution in [3.8, 4) is 17.6 Å². The van der Waals surface area contributed by atoms with E-state index in [4.69, 9.17) is 9.47 Å². The molecule has 0 aliphatic heterocycles. The standard InChI is InChI=1S/C28H25FN2O3/c1-4-6-22-14-21(15-23(17-30)28(32)31-25-8-5-7-19(2)13-25)16-26(33-3)27(22)34-18-20-9-11-24(29)12-10-20/h4-5,7-16H,1,6,18H2,2-3H3,(H,31,32)/b23-15+. The molecule has 0 saturated carbocycles. The number of anilines is 1. The second-order valence-electron chi connectivity index (χ2n) is 7.61. The lowest BCUT2D eigenvalue weighted by Crippen LogP contribution is -2.13. The third kappa shape index (κ3) is 6.33. The van der Waals surface area contributed by atoms with E-state index in [2.05, 4.69) is 11.9 Å². The first-order valence-electron chi connectivity index (χ1n) is 10.6. The Hall–Kier alpha value is -4.37. The molecule has 0 fully saturated rings. The zero-order valence-corrected chi connectivity index (χ0v) is 19.1. The molecule has 3 rings (SSSR count). The maximum Gasteiger partial charge on any atom is 0.266 e. The van der Waals surface area contributed by atoms with E-state index < -0.39 is 5.91 Å². The lowest BCUT2D eigenvalue weighted by atomic mass is 10.0. The van der Waals surface area contributed by atoms with Gasteiger partial charge in [-0.05, 0) is 72.5 Å². The Morgan fingerprint density at radius 1 is 1.18 bits per heavy atom. The molecular formula is C28H25FN2O3. The van der Waals surface area contributed by atoms with Gasteiger partial charge >= 0.3 is 0 Å². The number of carbonyl (C=O) groups excluding carboxylic acids is 1. The number of allylic oxidation sites excluding steroid dienone is 1. The molecule has 0 atom stereocenters. The maximum atomic E-state index is 13.2. The monoisotopic (exact) mass is 456 g/mol. The van der Waals surface area contributed by atoms with Gasteiger partial charge in [-0.1, -0.05) is 30.3 Å². The van der Waals surface area contributed by atoms with Crippen LogP contribution in [0.2, 0.25) is 0 Å². The fraction of sp³-hybridized carbons (Fsp3) is 0.143. The number of hydrogen-bond acceptors (Lipinski definition) is 4. The second-order valence-corrected chi connectivity index (χ2v) is 7.61. The molecule has 0 spiro atoms. The smallest absolute Gasteiger partial charge is 0.266 e. The summed E-state index contributed by atoms with van der Waals surface area (Å²) >= 11 is 0. The summed E-state index contributed by atoms with van der Waals surface area (Å²) < 4.78 is 24.7. The Morgan fingerprint density at radius 3 is 2.59 bits per heavy atom. The van der Waals surface area contributed by atoms with E-state index in [0.29, 0.717) is 29.2 Å². The summed E-state index contributed by atoms with van der Waals surface area (Å²) in [5.74, 6) is 0.147. The molecule has 3 aromatic carbocycles. The summed E-state index contributed by atoms with van der Waals surface area (Å²) in [5.41, 5.74) is 3.75. The lowest BCUT2D eigenvalue weighted by molar-refractivity contribution is -0.112. The molecule has 0 radical (unpaired) electrons. The van der Waals surface area contributed by atoms with Gasteiger partial charge in [-0.3, -0.25) is 4.79 Å². The number of nitriles is 1. The average molecular weight is 457 g/mol. The van der Waals surface area contributed by atoms with Crippen molar-refractivity contribution in [2.75, 3.05) is 12.4 Å². The number of ether oxygens (including phenoxy) is 2. The number of aryl methyl sites for hydroxylation is 1. The van der Waals surface area contributed by atoms with Gasteiger partial charge in [-0.25, -0.2) is 4.39 Å². The second kappa shape index (κ2) is 11.5. The van der Waals surface area contributed by atoms with Crippen molar-refractivity contribution in [3.05, 3.63) is 107 Å². The van der Waals surface area contributed by atoms with Gasteiger partial charge in [0.2, 0.25) is 0 Å². The van der Waals surface area contributed by atoms with Gasteiger partial charge in [0.15, 0.2) is 11.5 Å². The fourth-order valence-corrected chi connectivity index (χ4v) is 3.36. The van der Waals surface area contributed by atoms with Gasteiger partial charge < -0.3 is 14.8 Å². The highest BCUT2D eigenvalue weighted by Crippen LogP contribution is 2.35. The molecule has 3 aromatic rings. The Bertz CT molecular complexity index is 1260. The topological polar surface area (TPSA) is 71.4 Å². The molecule has 0 unspecified atom stereocenters. The molecule has 0 aliphatic rings. The molecule has 0 aromatic heterocycles. The average Bonchev–Trinajstić information content (AvgIpc) is 2.82. The van der Waals surface area contributed by atoms with Gasteiger partial charge in [0.1, 0.15) is 24.1 Å². The van der Waals surface area contributed by atoms with E-state index in [9.17, 15) is 14.4 Å². The Labute approximate surface area is 198 Å². The number of hydrogen-bond donors (Lipinski definition) is 1. The minimum absolute atomic E-state index is 0.0481. The summed E-state index contributed by atoms with van der Waals surface area (Å²) in [6.45, 7) is 5.94. The molecule has 1 N–H and O–H groups in total. The summed E-state index contributed by atoms with van der Waals surface area (Å²) in [6.07, 6.45) is 3.71. The van der Waals surface area contributed by atoms with Crippen LogP contribution in [0.5, 0.6) is 11.5 Å². The fourth-order valence-electron chi connectivity index (χ4n) is 3.36. The normalized spacial score (nSPS) is 10.8. The van der Waals surface area contributed by atoms with Crippen LogP contribution in [0.1, 0.15) is 22.3 Å². The van der Waals surface area contributed by atoms with Gasteiger partial charge in [0.25, 0.3) is 5.91 Å². The van der Waals surface area contributed by atoms with E-state index in [1.54, 1.807) is 30.3 Å². The molecular weight excluding hydrogens is 431 g/mol. The Balaban J connectivity index is 1.89. The van der Waals surface area contributed by atoms with Crippen LogP contribution in [0.15, 0.2) is 78.9 Å². The first kappa shape index (κ1) is 24.3. The molecule has 172 valence electrons. The Morgan fingerprint density at radius 2 is 1.94 bits per heavy atom. The van der Waals surface area contributed by atoms with Crippen LogP contribution in [-0.2, 0) is 17.8 Å². The van der Waals surface area contributed by atoms with Crippen molar-refractivity contribution in [2.24, 2.45) is 0 Å². The number of nitrogens with zero attached hydrogens (tertiary/aromatic N) is 1.